The fourth-order valence-corrected chi connectivity index (χ4v) is 2.76. The molecule has 0 bridgehead atoms. The third kappa shape index (κ3) is 3.76. The van der Waals surface area contributed by atoms with Gasteiger partial charge in [0.1, 0.15) is 0 Å². The zero-order chi connectivity index (χ0) is 13.7. The van der Waals surface area contributed by atoms with Gasteiger partial charge in [0.15, 0.2) is 5.82 Å². The van der Waals surface area contributed by atoms with Crippen molar-refractivity contribution in [3.8, 4) is 0 Å². The van der Waals surface area contributed by atoms with Crippen LogP contribution in [0, 0.1) is 5.92 Å². The lowest BCUT2D eigenvalue weighted by Gasteiger charge is -2.23. The van der Waals surface area contributed by atoms with Crippen molar-refractivity contribution in [2.75, 3.05) is 13.7 Å². The Labute approximate surface area is 114 Å². The maximum absolute atomic E-state index is 6.47. The normalized spacial score (nSPS) is 21.0. The maximum atomic E-state index is 6.47. The molecule has 1 heterocycles. The molecule has 1 aliphatic rings. The second-order valence-corrected chi connectivity index (χ2v) is 5.85. The van der Waals surface area contributed by atoms with E-state index >= 15 is 0 Å². The van der Waals surface area contributed by atoms with Gasteiger partial charge in [0.2, 0.25) is 5.89 Å². The molecule has 5 heteroatoms. The van der Waals surface area contributed by atoms with Gasteiger partial charge in [0.05, 0.1) is 5.54 Å². The molecule has 5 nitrogen and oxygen atoms in total. The van der Waals surface area contributed by atoms with Crippen molar-refractivity contribution < 1.29 is 9.26 Å². The van der Waals surface area contributed by atoms with Crippen LogP contribution in [0.2, 0.25) is 0 Å². The number of nitrogens with two attached hydrogens (primary N) is 1. The van der Waals surface area contributed by atoms with E-state index in [1.807, 2.05) is 0 Å². The van der Waals surface area contributed by atoms with E-state index in [0.29, 0.717) is 24.2 Å². The first-order chi connectivity index (χ1) is 9.14. The van der Waals surface area contributed by atoms with Gasteiger partial charge in [-0.3, -0.25) is 0 Å². The Balaban J connectivity index is 2.02. The van der Waals surface area contributed by atoms with E-state index in [1.54, 1.807) is 7.11 Å². The van der Waals surface area contributed by atoms with Gasteiger partial charge in [-0.15, -0.1) is 0 Å². The molecule has 0 spiro atoms. The minimum atomic E-state index is -0.386. The molecule has 0 saturated heterocycles. The molecular formula is C14H25N3O2. The molecule has 1 aliphatic carbocycles. The van der Waals surface area contributed by atoms with E-state index in [1.165, 1.54) is 12.8 Å². The average molecular weight is 267 g/mol. The summed E-state index contributed by atoms with van der Waals surface area (Å²) in [5.74, 6) is 1.74. The van der Waals surface area contributed by atoms with Crippen LogP contribution in [0.25, 0.3) is 0 Å². The Morgan fingerprint density at radius 1 is 1.32 bits per heavy atom. The lowest BCUT2D eigenvalue weighted by molar-refractivity contribution is 0.155. The topological polar surface area (TPSA) is 74.2 Å². The maximum Gasteiger partial charge on any atom is 0.227 e. The smallest absolute Gasteiger partial charge is 0.227 e. The fourth-order valence-electron chi connectivity index (χ4n) is 2.76. The monoisotopic (exact) mass is 267 g/mol. The van der Waals surface area contributed by atoms with E-state index < -0.39 is 0 Å². The summed E-state index contributed by atoms with van der Waals surface area (Å²) in [7, 11) is 1.70. The highest BCUT2D eigenvalue weighted by molar-refractivity contribution is 5.05. The van der Waals surface area contributed by atoms with Gasteiger partial charge in [0, 0.05) is 20.1 Å². The fraction of sp³-hybridized carbons (Fsp3) is 0.857. The largest absolute Gasteiger partial charge is 0.384 e. The van der Waals surface area contributed by atoms with Crippen molar-refractivity contribution in [2.24, 2.45) is 11.7 Å². The summed E-state index contributed by atoms with van der Waals surface area (Å²) >= 11 is 0. The summed E-state index contributed by atoms with van der Waals surface area (Å²) in [6, 6.07) is 0. The summed E-state index contributed by atoms with van der Waals surface area (Å²) in [5.41, 5.74) is 6.09. The summed E-state index contributed by atoms with van der Waals surface area (Å²) < 4.78 is 10.5. The molecule has 1 aromatic rings. The molecule has 19 heavy (non-hydrogen) atoms. The van der Waals surface area contributed by atoms with Crippen LogP contribution in [-0.2, 0) is 16.7 Å². The van der Waals surface area contributed by atoms with Crippen molar-refractivity contribution in [1.29, 1.82) is 0 Å². The van der Waals surface area contributed by atoms with Gasteiger partial charge in [-0.25, -0.2) is 0 Å². The molecule has 1 atom stereocenters. The van der Waals surface area contributed by atoms with Crippen LogP contribution in [-0.4, -0.2) is 23.9 Å². The van der Waals surface area contributed by atoms with Crippen molar-refractivity contribution in [3.63, 3.8) is 0 Å². The molecule has 1 unspecified atom stereocenters. The summed E-state index contributed by atoms with van der Waals surface area (Å²) in [4.78, 5) is 4.51. The molecular weight excluding hydrogens is 242 g/mol. The van der Waals surface area contributed by atoms with Crippen LogP contribution in [0.1, 0.15) is 57.2 Å². The van der Waals surface area contributed by atoms with Crippen molar-refractivity contribution in [1.82, 2.24) is 10.1 Å². The highest BCUT2D eigenvalue weighted by atomic mass is 16.5. The van der Waals surface area contributed by atoms with Crippen molar-refractivity contribution >= 4 is 0 Å². The van der Waals surface area contributed by atoms with Crippen LogP contribution in [0.4, 0.5) is 0 Å². The molecule has 108 valence electrons. The Morgan fingerprint density at radius 2 is 2.00 bits per heavy atom. The SMILES string of the molecule is COCC(C)Cc1nc(C2(N)CCCCCC2)no1. The molecule has 0 radical (unpaired) electrons. The van der Waals surface area contributed by atoms with E-state index in [4.69, 9.17) is 15.0 Å². The van der Waals surface area contributed by atoms with Crippen molar-refractivity contribution in [2.45, 2.75) is 57.4 Å². The first-order valence-electron chi connectivity index (χ1n) is 7.25. The minimum absolute atomic E-state index is 0.376. The quantitative estimate of drug-likeness (QED) is 0.829. The Kier molecular flexibility index (Phi) is 4.93. The van der Waals surface area contributed by atoms with Gasteiger partial charge >= 0.3 is 0 Å². The molecule has 2 N–H and O–H groups in total. The second-order valence-electron chi connectivity index (χ2n) is 5.85. The van der Waals surface area contributed by atoms with Gasteiger partial charge in [-0.2, -0.15) is 4.98 Å². The Morgan fingerprint density at radius 3 is 2.63 bits per heavy atom. The number of nitrogens with zero attached hydrogens (tertiary/aromatic N) is 2. The van der Waals surface area contributed by atoms with Crippen LogP contribution < -0.4 is 5.73 Å². The van der Waals surface area contributed by atoms with E-state index in [2.05, 4.69) is 17.1 Å². The minimum Gasteiger partial charge on any atom is -0.384 e. The molecule has 0 aromatic carbocycles. The number of methoxy groups -OCH3 is 1. The number of hydrogen-bond acceptors (Lipinski definition) is 5. The zero-order valence-corrected chi connectivity index (χ0v) is 12.0. The third-order valence-corrected chi connectivity index (χ3v) is 3.88. The number of hydrogen-bond donors (Lipinski definition) is 1. The molecule has 1 saturated carbocycles. The number of ether oxygens (including phenoxy) is 1. The standard InChI is InChI=1S/C14H25N3O2/c1-11(10-18-2)9-12-16-13(17-19-12)14(15)7-5-3-4-6-8-14/h11H,3-10,15H2,1-2H3. The first-order valence-corrected chi connectivity index (χ1v) is 7.25. The van der Waals surface area contributed by atoms with Crippen molar-refractivity contribution in [3.05, 3.63) is 11.7 Å². The van der Waals surface area contributed by atoms with E-state index in [-0.39, 0.29) is 5.54 Å². The first kappa shape index (κ1) is 14.5. The second kappa shape index (κ2) is 6.48. The Hall–Kier alpha value is -0.940. The van der Waals surface area contributed by atoms with Gasteiger partial charge in [-0.05, 0) is 18.8 Å². The number of aromatic nitrogens is 2. The predicted molar refractivity (Wildman–Crippen MR) is 72.6 cm³/mol. The van der Waals surface area contributed by atoms with Gasteiger partial charge in [0.25, 0.3) is 0 Å². The lowest BCUT2D eigenvalue weighted by Crippen LogP contribution is -2.37. The molecule has 0 aliphatic heterocycles. The van der Waals surface area contributed by atoms with Crippen LogP contribution in [0.3, 0.4) is 0 Å². The van der Waals surface area contributed by atoms with Gasteiger partial charge in [-0.1, -0.05) is 37.8 Å². The lowest BCUT2D eigenvalue weighted by atomic mass is 9.91. The Bertz CT molecular complexity index is 384. The summed E-state index contributed by atoms with van der Waals surface area (Å²) in [6.07, 6.45) is 7.49. The van der Waals surface area contributed by atoms with Crippen LogP contribution >= 0.6 is 0 Å². The van der Waals surface area contributed by atoms with Crippen LogP contribution in [0.15, 0.2) is 4.52 Å². The highest BCUT2D eigenvalue weighted by Gasteiger charge is 2.33. The molecule has 1 aromatic heterocycles. The third-order valence-electron chi connectivity index (χ3n) is 3.88. The zero-order valence-electron chi connectivity index (χ0n) is 12.0. The summed E-state index contributed by atoms with van der Waals surface area (Å²) in [6.45, 7) is 2.81. The van der Waals surface area contributed by atoms with E-state index in [0.717, 1.165) is 32.1 Å². The average Bonchev–Trinajstić information content (AvgIpc) is 2.72. The number of rotatable bonds is 5. The van der Waals surface area contributed by atoms with Crippen LogP contribution in [0.5, 0.6) is 0 Å². The van der Waals surface area contributed by atoms with Gasteiger partial charge < -0.3 is 15.0 Å². The molecule has 0 amide bonds. The highest BCUT2D eigenvalue weighted by Crippen LogP contribution is 2.32. The molecule has 1 fully saturated rings. The predicted octanol–water partition coefficient (Wildman–Crippen LogP) is 2.40. The van der Waals surface area contributed by atoms with E-state index in [9.17, 15) is 0 Å². The summed E-state index contributed by atoms with van der Waals surface area (Å²) in [5, 5.41) is 4.11. The molecule has 2 rings (SSSR count).